The summed E-state index contributed by atoms with van der Waals surface area (Å²) in [4.78, 5) is 21.9. The molecule has 0 radical (unpaired) electrons. The summed E-state index contributed by atoms with van der Waals surface area (Å²) < 4.78 is 94.2. The van der Waals surface area contributed by atoms with Crippen LogP contribution in [-0.4, -0.2) is 47.4 Å². The van der Waals surface area contributed by atoms with E-state index in [2.05, 4.69) is 15.3 Å². The molecule has 2 heterocycles. The second kappa shape index (κ2) is 13.0. The molecule has 2 atom stereocenters. The van der Waals surface area contributed by atoms with Crippen molar-refractivity contribution in [3.63, 3.8) is 0 Å². The zero-order chi connectivity index (χ0) is 31.5. The van der Waals surface area contributed by atoms with Crippen LogP contribution >= 0.6 is 11.8 Å². The molecule has 44 heavy (non-hydrogen) atoms. The van der Waals surface area contributed by atoms with Gasteiger partial charge in [-0.1, -0.05) is 54.2 Å². The molecule has 1 aromatic heterocycles. The number of carbonyl (C=O) groups excluding carboxylic acids is 1. The van der Waals surface area contributed by atoms with Crippen LogP contribution in [-0.2, 0) is 33.3 Å². The van der Waals surface area contributed by atoms with Crippen LogP contribution < -0.4 is 5.32 Å². The molecule has 1 fully saturated rings. The minimum Gasteiger partial charge on any atom is -0.349 e. The number of hydrogen-bond acceptors (Lipinski definition) is 6. The molecule has 2 unspecified atom stereocenters. The van der Waals surface area contributed by atoms with Crippen molar-refractivity contribution >= 4 is 27.7 Å². The van der Waals surface area contributed by atoms with Gasteiger partial charge in [0.05, 0.1) is 28.4 Å². The molecule has 230 valence electrons. The number of sulfonamides is 1. The molecule has 1 aliphatic heterocycles. The Kier molecular flexibility index (Phi) is 9.32. The third-order valence-electron chi connectivity index (χ3n) is 6.85. The Balaban J connectivity index is 1.37. The van der Waals surface area contributed by atoms with E-state index in [-0.39, 0.29) is 17.9 Å². The molecule has 5 rings (SSSR count). The first-order chi connectivity index (χ1) is 20.9. The minimum atomic E-state index is -4.51. The highest BCUT2D eigenvalue weighted by atomic mass is 32.2. The number of benzene rings is 3. The van der Waals surface area contributed by atoms with Crippen LogP contribution in [0, 0.1) is 5.82 Å². The number of rotatable bonds is 9. The first-order valence-corrected chi connectivity index (χ1v) is 15.7. The van der Waals surface area contributed by atoms with E-state index in [1.54, 1.807) is 0 Å². The number of hydrogen-bond donors (Lipinski definition) is 1. The number of nitrogens with one attached hydrogen (secondary N) is 1. The first kappa shape index (κ1) is 31.5. The van der Waals surface area contributed by atoms with Gasteiger partial charge in [-0.2, -0.15) is 17.5 Å². The van der Waals surface area contributed by atoms with Gasteiger partial charge in [-0.15, -0.1) is 0 Å². The van der Waals surface area contributed by atoms with E-state index in [9.17, 15) is 35.2 Å². The summed E-state index contributed by atoms with van der Waals surface area (Å²) in [5, 5.41) is 2.92. The maximum atomic E-state index is 14.4. The van der Waals surface area contributed by atoms with Crippen LogP contribution in [0.25, 0.3) is 11.3 Å². The van der Waals surface area contributed by atoms with Gasteiger partial charge in [0.25, 0.3) is 0 Å². The third kappa shape index (κ3) is 7.42. The molecule has 0 saturated carbocycles. The van der Waals surface area contributed by atoms with Crippen LogP contribution in [0.4, 0.5) is 22.0 Å². The molecule has 1 aliphatic rings. The van der Waals surface area contributed by atoms with Crippen LogP contribution in [0.3, 0.4) is 0 Å². The molecule has 4 aromatic rings. The smallest absolute Gasteiger partial charge is 0.349 e. The highest BCUT2D eigenvalue weighted by molar-refractivity contribution is 7.98. The topological polar surface area (TPSA) is 92.3 Å². The zero-order valence-corrected chi connectivity index (χ0v) is 24.5. The number of nitrogens with zero attached hydrogens (tertiary/aromatic N) is 3. The van der Waals surface area contributed by atoms with Crippen molar-refractivity contribution in [3.05, 3.63) is 108 Å². The highest BCUT2D eigenvalue weighted by Gasteiger charge is 2.44. The monoisotopic (exact) mass is 648 g/mol. The van der Waals surface area contributed by atoms with Crippen LogP contribution in [0.1, 0.15) is 23.2 Å². The van der Waals surface area contributed by atoms with Gasteiger partial charge >= 0.3 is 6.18 Å². The number of aromatic nitrogens is 2. The summed E-state index contributed by atoms with van der Waals surface area (Å²) in [6, 6.07) is 18.1. The van der Waals surface area contributed by atoms with E-state index in [1.807, 2.05) is 30.3 Å². The molecule has 1 saturated heterocycles. The Labute approximate surface area is 254 Å². The minimum absolute atomic E-state index is 0.189. The normalized spacial score (nSPS) is 17.5. The fraction of sp³-hybridized carbons (Fsp3) is 0.233. The molecule has 3 aromatic carbocycles. The van der Waals surface area contributed by atoms with Gasteiger partial charge in [0, 0.05) is 24.3 Å². The fourth-order valence-corrected chi connectivity index (χ4v) is 7.08. The second-order valence-corrected chi connectivity index (χ2v) is 12.8. The molecular formula is C30H25F5N4O3S2. The van der Waals surface area contributed by atoms with E-state index < -0.39 is 52.2 Å². The lowest BCUT2D eigenvalue weighted by molar-refractivity contribution is -0.137. The second-order valence-electron chi connectivity index (χ2n) is 9.97. The standard InChI is InChI=1S/C30H25F5N4O3S2/c31-22-10-12-25(13-11-22)44(41,42)39-17-23(32)14-27(39)28(40)36-16-24-15-26(20-6-8-21(9-7-20)30(33,34)35)38-29(37-24)43-18-19-4-2-1-3-5-19/h1-13,15,23,27H,14,16-18H2,(H,36,40). The Morgan fingerprint density at radius 2 is 1.66 bits per heavy atom. The van der Waals surface area contributed by atoms with E-state index in [1.165, 1.54) is 30.0 Å². The predicted molar refractivity (Wildman–Crippen MR) is 154 cm³/mol. The summed E-state index contributed by atoms with van der Waals surface area (Å²) in [7, 11) is -4.31. The summed E-state index contributed by atoms with van der Waals surface area (Å²) >= 11 is 1.29. The lowest BCUT2D eigenvalue weighted by Gasteiger charge is -2.23. The maximum absolute atomic E-state index is 14.4. The zero-order valence-electron chi connectivity index (χ0n) is 22.8. The average Bonchev–Trinajstić information content (AvgIpc) is 3.42. The fourth-order valence-electron chi connectivity index (χ4n) is 4.63. The van der Waals surface area contributed by atoms with E-state index >= 15 is 0 Å². The lowest BCUT2D eigenvalue weighted by Crippen LogP contribution is -2.45. The van der Waals surface area contributed by atoms with Gasteiger partial charge in [-0.05, 0) is 48.0 Å². The molecule has 1 amide bonds. The van der Waals surface area contributed by atoms with E-state index in [4.69, 9.17) is 0 Å². The van der Waals surface area contributed by atoms with Crippen LogP contribution in [0.5, 0.6) is 0 Å². The summed E-state index contributed by atoms with van der Waals surface area (Å²) in [5.74, 6) is -0.909. The van der Waals surface area contributed by atoms with Crippen LogP contribution in [0.15, 0.2) is 95.0 Å². The molecule has 14 heteroatoms. The van der Waals surface area contributed by atoms with Crippen molar-refractivity contribution in [1.29, 1.82) is 0 Å². The summed E-state index contributed by atoms with van der Waals surface area (Å²) in [6.07, 6.45) is -6.47. The van der Waals surface area contributed by atoms with Crippen molar-refractivity contribution < 1.29 is 35.2 Å². The highest BCUT2D eigenvalue weighted by Crippen LogP contribution is 2.32. The van der Waals surface area contributed by atoms with Gasteiger partial charge in [0.15, 0.2) is 5.16 Å². The molecule has 0 aliphatic carbocycles. The third-order valence-corrected chi connectivity index (χ3v) is 9.66. The number of thioether (sulfide) groups is 1. The molecule has 7 nitrogen and oxygen atoms in total. The average molecular weight is 649 g/mol. The van der Waals surface area contributed by atoms with Crippen molar-refractivity contribution in [2.24, 2.45) is 0 Å². The number of amides is 1. The molecular weight excluding hydrogens is 623 g/mol. The Morgan fingerprint density at radius 1 is 0.977 bits per heavy atom. The summed E-state index contributed by atoms with van der Waals surface area (Å²) in [6.45, 7) is -0.727. The number of alkyl halides is 4. The largest absolute Gasteiger partial charge is 0.416 e. The predicted octanol–water partition coefficient (Wildman–Crippen LogP) is 6.01. The van der Waals surface area contributed by atoms with Gasteiger partial charge in [-0.25, -0.2) is 27.2 Å². The van der Waals surface area contributed by atoms with Gasteiger partial charge in [0.1, 0.15) is 18.0 Å². The molecule has 0 spiro atoms. The molecule has 1 N–H and O–H groups in total. The molecule has 0 bridgehead atoms. The van der Waals surface area contributed by atoms with Crippen molar-refractivity contribution in [3.8, 4) is 11.3 Å². The maximum Gasteiger partial charge on any atom is 0.416 e. The van der Waals surface area contributed by atoms with E-state index in [0.717, 1.165) is 46.3 Å². The van der Waals surface area contributed by atoms with Crippen molar-refractivity contribution in [1.82, 2.24) is 19.6 Å². The van der Waals surface area contributed by atoms with Crippen molar-refractivity contribution in [2.75, 3.05) is 6.54 Å². The van der Waals surface area contributed by atoms with Gasteiger partial charge in [-0.3, -0.25) is 4.79 Å². The first-order valence-electron chi connectivity index (χ1n) is 13.3. The Bertz CT molecular complexity index is 1720. The van der Waals surface area contributed by atoms with Crippen molar-refractivity contribution in [2.45, 2.75) is 47.2 Å². The Hall–Kier alpha value is -3.88. The van der Waals surface area contributed by atoms with Crippen LogP contribution in [0.2, 0.25) is 0 Å². The lowest BCUT2D eigenvalue weighted by atomic mass is 10.1. The quantitative estimate of drug-likeness (QED) is 0.136. The number of halogens is 5. The van der Waals surface area contributed by atoms with Gasteiger partial charge in [0.2, 0.25) is 15.9 Å². The SMILES string of the molecule is O=C(NCc1cc(-c2ccc(C(F)(F)F)cc2)nc(SCc2ccccc2)n1)C1CC(F)CN1S(=O)(=O)c1ccc(F)cc1. The number of carbonyl (C=O) groups is 1. The van der Waals surface area contributed by atoms with E-state index in [0.29, 0.717) is 27.9 Å². The summed E-state index contributed by atoms with van der Waals surface area (Å²) in [5.41, 5.74) is 1.19. The Morgan fingerprint density at radius 3 is 2.32 bits per heavy atom. The van der Waals surface area contributed by atoms with Gasteiger partial charge < -0.3 is 5.32 Å².